The lowest BCUT2D eigenvalue weighted by atomic mass is 10.0. The summed E-state index contributed by atoms with van der Waals surface area (Å²) in [5.74, 6) is 1.09. The molecule has 1 aliphatic rings. The summed E-state index contributed by atoms with van der Waals surface area (Å²) in [7, 11) is 0. The molecule has 5 rings (SSSR count). The van der Waals surface area contributed by atoms with Crippen molar-refractivity contribution in [3.63, 3.8) is 0 Å². The predicted octanol–water partition coefficient (Wildman–Crippen LogP) is 6.98. The Kier molecular flexibility index (Phi) is 6.85. The second-order valence-electron chi connectivity index (χ2n) is 9.63. The molecular formula is C30H30FN3O2. The first-order valence-corrected chi connectivity index (χ1v) is 12.4. The number of nitrogens with zero attached hydrogens (tertiary/aromatic N) is 3. The molecule has 0 spiro atoms. The van der Waals surface area contributed by atoms with Gasteiger partial charge in [0.05, 0.1) is 23.5 Å². The molecule has 0 atom stereocenters. The number of amides is 1. The first kappa shape index (κ1) is 23.8. The number of halogens is 1. The van der Waals surface area contributed by atoms with E-state index in [4.69, 9.17) is 9.84 Å². The predicted molar refractivity (Wildman–Crippen MR) is 138 cm³/mol. The summed E-state index contributed by atoms with van der Waals surface area (Å²) in [6.07, 6.45) is 2.26. The van der Waals surface area contributed by atoms with E-state index in [0.717, 1.165) is 29.8 Å². The van der Waals surface area contributed by atoms with E-state index in [9.17, 15) is 9.18 Å². The highest BCUT2D eigenvalue weighted by molar-refractivity contribution is 5.94. The zero-order chi connectivity index (χ0) is 25.1. The molecule has 4 aromatic rings. The Labute approximate surface area is 211 Å². The van der Waals surface area contributed by atoms with Gasteiger partial charge in [0, 0.05) is 18.2 Å². The van der Waals surface area contributed by atoms with Crippen LogP contribution in [0.1, 0.15) is 54.2 Å². The van der Waals surface area contributed by atoms with E-state index in [1.54, 1.807) is 16.8 Å². The monoisotopic (exact) mass is 483 g/mol. The van der Waals surface area contributed by atoms with Crippen molar-refractivity contribution in [2.45, 2.75) is 39.2 Å². The van der Waals surface area contributed by atoms with Gasteiger partial charge in [0.25, 0.3) is 5.91 Å². The van der Waals surface area contributed by atoms with E-state index in [1.807, 2.05) is 65.6 Å². The average Bonchev–Trinajstić information content (AvgIpc) is 3.64. The van der Waals surface area contributed by atoms with Gasteiger partial charge in [-0.15, -0.1) is 0 Å². The second-order valence-corrected chi connectivity index (χ2v) is 9.63. The van der Waals surface area contributed by atoms with Gasteiger partial charge in [-0.3, -0.25) is 4.79 Å². The zero-order valence-electron chi connectivity index (χ0n) is 20.6. The summed E-state index contributed by atoms with van der Waals surface area (Å²) in [5, 5.41) is 4.94. The maximum Gasteiger partial charge on any atom is 0.254 e. The van der Waals surface area contributed by atoms with Gasteiger partial charge in [-0.25, -0.2) is 9.07 Å². The van der Waals surface area contributed by atoms with Gasteiger partial charge in [-0.1, -0.05) is 56.3 Å². The van der Waals surface area contributed by atoms with Crippen LogP contribution in [0.2, 0.25) is 0 Å². The summed E-state index contributed by atoms with van der Waals surface area (Å²) >= 11 is 0. The minimum atomic E-state index is -0.376. The van der Waals surface area contributed by atoms with Crippen LogP contribution in [0.3, 0.4) is 0 Å². The Morgan fingerprint density at radius 2 is 1.72 bits per heavy atom. The average molecular weight is 484 g/mol. The molecule has 6 heteroatoms. The second kappa shape index (κ2) is 10.4. The van der Waals surface area contributed by atoms with Gasteiger partial charge in [0.2, 0.25) is 5.88 Å². The van der Waals surface area contributed by atoms with Crippen molar-refractivity contribution in [2.24, 2.45) is 5.92 Å². The van der Waals surface area contributed by atoms with Gasteiger partial charge >= 0.3 is 0 Å². The fourth-order valence-electron chi connectivity index (χ4n) is 4.34. The highest BCUT2D eigenvalue weighted by atomic mass is 19.1. The van der Waals surface area contributed by atoms with Crippen LogP contribution >= 0.6 is 0 Å². The Morgan fingerprint density at radius 1 is 1.03 bits per heavy atom. The summed E-state index contributed by atoms with van der Waals surface area (Å²) in [6.45, 7) is 5.20. The molecule has 0 bridgehead atoms. The maximum atomic E-state index is 14.0. The lowest BCUT2D eigenvalue weighted by Crippen LogP contribution is -2.32. The van der Waals surface area contributed by atoms with E-state index in [1.165, 1.54) is 12.1 Å². The number of hydrogen-bond donors (Lipinski definition) is 0. The highest BCUT2D eigenvalue weighted by Gasteiger charge is 2.31. The van der Waals surface area contributed by atoms with Gasteiger partial charge in [-0.2, -0.15) is 5.10 Å². The van der Waals surface area contributed by atoms with Crippen LogP contribution in [0.4, 0.5) is 4.39 Å². The van der Waals surface area contributed by atoms with Gasteiger partial charge in [0.1, 0.15) is 11.6 Å². The van der Waals surface area contributed by atoms with E-state index < -0.39 is 0 Å². The van der Waals surface area contributed by atoms with Crippen LogP contribution in [0.25, 0.3) is 5.69 Å². The van der Waals surface area contributed by atoms with Crippen LogP contribution in [-0.2, 0) is 6.54 Å². The van der Waals surface area contributed by atoms with E-state index in [-0.39, 0.29) is 17.6 Å². The third-order valence-electron chi connectivity index (χ3n) is 6.36. The van der Waals surface area contributed by atoms with Gasteiger partial charge in [-0.05, 0) is 61.1 Å². The fourth-order valence-corrected chi connectivity index (χ4v) is 4.34. The molecular weight excluding hydrogens is 453 g/mol. The molecule has 5 nitrogen and oxygen atoms in total. The van der Waals surface area contributed by atoms with Crippen molar-refractivity contribution in [3.8, 4) is 17.3 Å². The lowest BCUT2D eigenvalue weighted by Gasteiger charge is -2.24. The van der Waals surface area contributed by atoms with E-state index in [0.29, 0.717) is 36.2 Å². The Balaban J connectivity index is 1.60. The first-order valence-electron chi connectivity index (χ1n) is 12.4. The minimum absolute atomic E-state index is 0.0126. The molecule has 0 aliphatic heterocycles. The van der Waals surface area contributed by atoms with Crippen molar-refractivity contribution in [1.29, 1.82) is 0 Å². The van der Waals surface area contributed by atoms with E-state index >= 15 is 0 Å². The normalized spacial score (nSPS) is 13.1. The summed E-state index contributed by atoms with van der Waals surface area (Å²) < 4.78 is 22.1. The summed E-state index contributed by atoms with van der Waals surface area (Å²) in [5.41, 5.74) is 3.18. The third kappa shape index (κ3) is 5.33. The Morgan fingerprint density at radius 3 is 2.36 bits per heavy atom. The number of carbonyl (C=O) groups is 1. The standard InChI is InChI=1S/C30H30FN3O2/c1-21(2)28-27(20-33(19-22-16-17-22)29(35)23-10-5-3-6-11-23)30(36-26-15-9-12-24(31)18-26)34(32-28)25-13-7-4-8-14-25/h3-15,18,21-22H,16-17,19-20H2,1-2H3. The molecule has 184 valence electrons. The van der Waals surface area contributed by atoms with E-state index in [2.05, 4.69) is 13.8 Å². The molecule has 1 aromatic heterocycles. The first-order chi connectivity index (χ1) is 17.5. The zero-order valence-corrected chi connectivity index (χ0v) is 20.6. The quantitative estimate of drug-likeness (QED) is 0.258. The highest BCUT2D eigenvalue weighted by Crippen LogP contribution is 2.37. The number of hydrogen-bond acceptors (Lipinski definition) is 3. The molecule has 0 saturated heterocycles. The van der Waals surface area contributed by atoms with Crippen molar-refractivity contribution < 1.29 is 13.9 Å². The van der Waals surface area contributed by atoms with Crippen LogP contribution in [0.15, 0.2) is 84.9 Å². The summed E-state index contributed by atoms with van der Waals surface area (Å²) in [6, 6.07) is 25.2. The lowest BCUT2D eigenvalue weighted by molar-refractivity contribution is 0.0733. The molecule has 1 heterocycles. The SMILES string of the molecule is CC(C)c1nn(-c2ccccc2)c(Oc2cccc(F)c2)c1CN(CC1CC1)C(=O)c1ccccc1. The molecule has 1 fully saturated rings. The number of ether oxygens (including phenoxy) is 1. The number of aromatic nitrogens is 2. The maximum absolute atomic E-state index is 14.0. The van der Waals surface area contributed by atoms with Crippen molar-refractivity contribution in [2.75, 3.05) is 6.54 Å². The molecule has 1 aliphatic carbocycles. The van der Waals surface area contributed by atoms with Crippen molar-refractivity contribution >= 4 is 5.91 Å². The molecule has 1 amide bonds. The van der Waals surface area contributed by atoms with Crippen LogP contribution in [-0.4, -0.2) is 27.1 Å². The molecule has 0 radical (unpaired) electrons. The molecule has 36 heavy (non-hydrogen) atoms. The topological polar surface area (TPSA) is 47.4 Å². The molecule has 0 unspecified atom stereocenters. The minimum Gasteiger partial charge on any atom is -0.438 e. The number of para-hydroxylation sites is 1. The fraction of sp³-hybridized carbons (Fsp3) is 0.267. The molecule has 1 saturated carbocycles. The number of rotatable bonds is 9. The van der Waals surface area contributed by atoms with Crippen LogP contribution < -0.4 is 4.74 Å². The molecule has 0 N–H and O–H groups in total. The number of carbonyl (C=O) groups excluding carboxylic acids is 1. The van der Waals surface area contributed by atoms with Gasteiger partial charge in [0.15, 0.2) is 0 Å². The van der Waals surface area contributed by atoms with Crippen molar-refractivity contribution in [3.05, 3.63) is 108 Å². The third-order valence-corrected chi connectivity index (χ3v) is 6.36. The number of benzene rings is 3. The Hall–Kier alpha value is -3.93. The molecule has 3 aromatic carbocycles. The largest absolute Gasteiger partial charge is 0.438 e. The summed E-state index contributed by atoms with van der Waals surface area (Å²) in [4.78, 5) is 15.5. The van der Waals surface area contributed by atoms with Gasteiger partial charge < -0.3 is 9.64 Å². The van der Waals surface area contributed by atoms with Crippen LogP contribution in [0.5, 0.6) is 11.6 Å². The smallest absolute Gasteiger partial charge is 0.254 e. The van der Waals surface area contributed by atoms with Crippen molar-refractivity contribution in [1.82, 2.24) is 14.7 Å². The Bertz CT molecular complexity index is 1330. The van der Waals surface area contributed by atoms with Crippen LogP contribution in [0, 0.1) is 11.7 Å².